The summed E-state index contributed by atoms with van der Waals surface area (Å²) in [5, 5.41) is 13.2. The van der Waals surface area contributed by atoms with Crippen molar-refractivity contribution in [3.63, 3.8) is 0 Å². The summed E-state index contributed by atoms with van der Waals surface area (Å²) in [6.07, 6.45) is 2.08. The second kappa shape index (κ2) is 5.92. The van der Waals surface area contributed by atoms with Crippen LogP contribution in [0.5, 0.6) is 11.5 Å². The van der Waals surface area contributed by atoms with Crippen molar-refractivity contribution in [2.24, 2.45) is 0 Å². The molecule has 134 valence electrons. The molecule has 2 N–H and O–H groups in total. The zero-order chi connectivity index (χ0) is 17.7. The maximum absolute atomic E-state index is 9.86. The number of hydrogen-bond donors (Lipinski definition) is 2. The van der Waals surface area contributed by atoms with E-state index >= 15 is 0 Å². The third-order valence-electron chi connectivity index (χ3n) is 5.22. The number of ether oxygens (including phenoxy) is 2. The molecule has 3 heterocycles. The lowest BCUT2D eigenvalue weighted by atomic mass is 9.98. The average Bonchev–Trinajstić information content (AvgIpc) is 3.07. The van der Waals surface area contributed by atoms with Gasteiger partial charge in [0.05, 0.1) is 35.2 Å². The third-order valence-corrected chi connectivity index (χ3v) is 5.22. The highest BCUT2D eigenvalue weighted by Gasteiger charge is 2.21. The van der Waals surface area contributed by atoms with Crippen molar-refractivity contribution in [2.45, 2.75) is 25.5 Å². The van der Waals surface area contributed by atoms with Crippen LogP contribution in [0.15, 0.2) is 36.7 Å². The number of rotatable bonds is 2. The Kier molecular flexibility index (Phi) is 3.53. The number of nitrogens with zero attached hydrogens (tertiary/aromatic N) is 2. The molecule has 0 aliphatic carbocycles. The van der Waals surface area contributed by atoms with Crippen LogP contribution in [-0.2, 0) is 6.42 Å². The number of aliphatic hydroxyl groups is 1. The van der Waals surface area contributed by atoms with Gasteiger partial charge < -0.3 is 24.5 Å². The molecular formula is C20H21N3O3. The van der Waals surface area contributed by atoms with Gasteiger partial charge in [0.25, 0.3) is 0 Å². The van der Waals surface area contributed by atoms with Crippen LogP contribution in [0.4, 0.5) is 5.69 Å². The highest BCUT2D eigenvalue weighted by Crippen LogP contribution is 2.35. The van der Waals surface area contributed by atoms with Crippen LogP contribution in [-0.4, -0.2) is 40.5 Å². The summed E-state index contributed by atoms with van der Waals surface area (Å²) in [7, 11) is 0. The van der Waals surface area contributed by atoms with Crippen molar-refractivity contribution < 1.29 is 14.6 Å². The third kappa shape index (κ3) is 2.49. The van der Waals surface area contributed by atoms with Gasteiger partial charge in [-0.3, -0.25) is 0 Å². The molecule has 6 heteroatoms. The number of fused-ring (bicyclic) bond motifs is 3. The maximum Gasteiger partial charge on any atom is 0.144 e. The Morgan fingerprint density at radius 1 is 1.23 bits per heavy atom. The van der Waals surface area contributed by atoms with E-state index in [-0.39, 0.29) is 6.04 Å². The van der Waals surface area contributed by atoms with Crippen molar-refractivity contribution in [3.8, 4) is 11.5 Å². The minimum absolute atomic E-state index is 0.110. The van der Waals surface area contributed by atoms with Crippen molar-refractivity contribution >= 4 is 16.7 Å². The van der Waals surface area contributed by atoms with Gasteiger partial charge in [-0.25, -0.2) is 4.98 Å². The van der Waals surface area contributed by atoms with Gasteiger partial charge in [0.1, 0.15) is 24.7 Å². The summed E-state index contributed by atoms with van der Waals surface area (Å²) >= 11 is 0. The molecule has 2 aliphatic heterocycles. The van der Waals surface area contributed by atoms with Gasteiger partial charge >= 0.3 is 0 Å². The Morgan fingerprint density at radius 2 is 2.15 bits per heavy atom. The topological polar surface area (TPSA) is 68.5 Å². The molecular weight excluding hydrogens is 330 g/mol. The number of anilines is 1. The Hall–Kier alpha value is -2.73. The predicted octanol–water partition coefficient (Wildman–Crippen LogP) is 2.75. The number of benzene rings is 2. The van der Waals surface area contributed by atoms with E-state index in [1.54, 1.807) is 0 Å². The molecule has 0 spiro atoms. The van der Waals surface area contributed by atoms with E-state index in [0.29, 0.717) is 19.6 Å². The monoisotopic (exact) mass is 351 g/mol. The maximum atomic E-state index is 9.86. The SMILES string of the molecule is CC(c1ccc2c(c1)CC(O)CO2)n1cnc2cc3c(cc21)OCCN3. The van der Waals surface area contributed by atoms with Crippen LogP contribution in [0.1, 0.15) is 24.1 Å². The summed E-state index contributed by atoms with van der Waals surface area (Å²) in [6, 6.07) is 10.4. The Balaban J connectivity index is 1.54. The number of nitrogens with one attached hydrogen (secondary N) is 1. The zero-order valence-corrected chi connectivity index (χ0v) is 14.6. The van der Waals surface area contributed by atoms with Crippen molar-refractivity contribution in [1.82, 2.24) is 9.55 Å². The van der Waals surface area contributed by atoms with Crippen molar-refractivity contribution in [1.29, 1.82) is 0 Å². The molecule has 0 fully saturated rings. The summed E-state index contributed by atoms with van der Waals surface area (Å²) in [5.41, 5.74) is 5.22. The van der Waals surface area contributed by atoms with Gasteiger partial charge in [-0.05, 0) is 36.2 Å². The summed E-state index contributed by atoms with van der Waals surface area (Å²) in [4.78, 5) is 4.58. The standard InChI is InChI=1S/C20H21N3O3/c1-12(13-2-3-19-14(6-13)7-15(24)10-26-19)23-11-22-16-8-17-20(9-18(16)23)25-5-4-21-17/h2-3,6,8-9,11-12,15,21,24H,4-5,7,10H2,1H3. The molecule has 26 heavy (non-hydrogen) atoms. The van der Waals surface area contributed by atoms with E-state index in [2.05, 4.69) is 40.0 Å². The minimum Gasteiger partial charge on any atom is -0.491 e. The van der Waals surface area contributed by atoms with E-state index < -0.39 is 6.10 Å². The van der Waals surface area contributed by atoms with E-state index in [9.17, 15) is 5.11 Å². The van der Waals surface area contributed by atoms with Crippen LogP contribution >= 0.6 is 0 Å². The number of hydrogen-bond acceptors (Lipinski definition) is 5. The normalized spacial score (nSPS) is 19.7. The molecule has 1 aromatic heterocycles. The largest absolute Gasteiger partial charge is 0.491 e. The summed E-state index contributed by atoms with van der Waals surface area (Å²) in [6.45, 7) is 4.02. The second-order valence-electron chi connectivity index (χ2n) is 6.98. The van der Waals surface area contributed by atoms with Crippen LogP contribution in [0.2, 0.25) is 0 Å². The molecule has 0 bridgehead atoms. The molecule has 3 aromatic rings. The molecule has 5 rings (SSSR count). The lowest BCUT2D eigenvalue weighted by Crippen LogP contribution is -2.25. The van der Waals surface area contributed by atoms with Crippen LogP contribution < -0.4 is 14.8 Å². The molecule has 2 aromatic carbocycles. The highest BCUT2D eigenvalue weighted by molar-refractivity contribution is 5.84. The highest BCUT2D eigenvalue weighted by atomic mass is 16.5. The summed E-state index contributed by atoms with van der Waals surface area (Å²) in [5.74, 6) is 1.75. The fourth-order valence-electron chi connectivity index (χ4n) is 3.79. The van der Waals surface area contributed by atoms with Gasteiger partial charge in [0.15, 0.2) is 0 Å². The smallest absolute Gasteiger partial charge is 0.144 e. The summed E-state index contributed by atoms with van der Waals surface area (Å²) < 4.78 is 13.5. The first-order valence-electron chi connectivity index (χ1n) is 9.00. The van der Waals surface area contributed by atoms with Crippen molar-refractivity contribution in [2.75, 3.05) is 25.1 Å². The first-order valence-corrected chi connectivity index (χ1v) is 9.00. The Bertz CT molecular complexity index is 982. The van der Waals surface area contributed by atoms with Crippen LogP contribution in [0.25, 0.3) is 11.0 Å². The Morgan fingerprint density at radius 3 is 3.08 bits per heavy atom. The first kappa shape index (κ1) is 15.5. The molecule has 0 saturated carbocycles. The van der Waals surface area contributed by atoms with E-state index in [0.717, 1.165) is 45.9 Å². The van der Waals surface area contributed by atoms with Crippen molar-refractivity contribution in [3.05, 3.63) is 47.8 Å². The van der Waals surface area contributed by atoms with Gasteiger partial charge in [-0.15, -0.1) is 0 Å². The molecule has 0 radical (unpaired) electrons. The quantitative estimate of drug-likeness (QED) is 0.743. The number of imidazole rings is 1. The molecule has 2 unspecified atom stereocenters. The predicted molar refractivity (Wildman–Crippen MR) is 99.2 cm³/mol. The van der Waals surface area contributed by atoms with E-state index in [4.69, 9.17) is 9.47 Å². The number of aliphatic hydroxyl groups excluding tert-OH is 1. The van der Waals surface area contributed by atoms with E-state index in [1.165, 1.54) is 0 Å². The van der Waals surface area contributed by atoms with Gasteiger partial charge in [-0.1, -0.05) is 6.07 Å². The fourth-order valence-corrected chi connectivity index (χ4v) is 3.79. The molecule has 6 nitrogen and oxygen atoms in total. The first-order chi connectivity index (χ1) is 12.7. The lowest BCUT2D eigenvalue weighted by Gasteiger charge is -2.24. The van der Waals surface area contributed by atoms with Crippen LogP contribution in [0.3, 0.4) is 0 Å². The second-order valence-corrected chi connectivity index (χ2v) is 6.98. The molecule has 0 amide bonds. The number of aromatic nitrogens is 2. The average molecular weight is 351 g/mol. The van der Waals surface area contributed by atoms with Gasteiger partial charge in [0, 0.05) is 19.0 Å². The zero-order valence-electron chi connectivity index (χ0n) is 14.6. The van der Waals surface area contributed by atoms with Gasteiger partial charge in [0.2, 0.25) is 0 Å². The molecule has 0 saturated heterocycles. The lowest BCUT2D eigenvalue weighted by molar-refractivity contribution is 0.0920. The van der Waals surface area contributed by atoms with E-state index in [1.807, 2.05) is 18.5 Å². The molecule has 2 atom stereocenters. The van der Waals surface area contributed by atoms with Gasteiger partial charge in [-0.2, -0.15) is 0 Å². The minimum atomic E-state index is -0.432. The van der Waals surface area contributed by atoms with Crippen LogP contribution in [0, 0.1) is 0 Å². The Labute approximate surface area is 151 Å². The molecule has 2 aliphatic rings. The fraction of sp³-hybridized carbons (Fsp3) is 0.350.